The number of aliphatic carboxylic acids is 1. The van der Waals surface area contributed by atoms with Crippen molar-refractivity contribution in [2.45, 2.75) is 0 Å². The summed E-state index contributed by atoms with van der Waals surface area (Å²) in [5.41, 5.74) is 0.679. The normalized spacial score (nSPS) is 10.6. The highest BCUT2D eigenvalue weighted by Crippen LogP contribution is 2.29. The van der Waals surface area contributed by atoms with E-state index >= 15 is 0 Å². The summed E-state index contributed by atoms with van der Waals surface area (Å²) < 4.78 is 20.3. The third kappa shape index (κ3) is 5.41. The first-order valence-electron chi connectivity index (χ1n) is 5.46. The van der Waals surface area contributed by atoms with Gasteiger partial charge in [-0.25, -0.2) is 4.79 Å². The zero-order valence-corrected chi connectivity index (χ0v) is 10.8. The zero-order valence-electron chi connectivity index (χ0n) is 10.8. The standard InChI is InChI=1S/C13H16O6/c1-16-8-18-11-5-3-10(4-6-13(14)15)7-12(11)19-9-17-2/h3-7H,8-9H2,1-2H3,(H,14,15)/b6-4+. The molecule has 0 saturated carbocycles. The first kappa shape index (κ1) is 15.0. The molecule has 0 spiro atoms. The molecule has 0 amide bonds. The fourth-order valence-electron chi connectivity index (χ4n) is 1.27. The average Bonchev–Trinajstić information content (AvgIpc) is 2.41. The van der Waals surface area contributed by atoms with E-state index in [1.54, 1.807) is 18.2 Å². The summed E-state index contributed by atoms with van der Waals surface area (Å²) in [4.78, 5) is 10.5. The Morgan fingerprint density at radius 1 is 1.16 bits per heavy atom. The van der Waals surface area contributed by atoms with Crippen LogP contribution in [0, 0.1) is 0 Å². The van der Waals surface area contributed by atoms with E-state index in [2.05, 4.69) is 0 Å². The maximum atomic E-state index is 10.5. The maximum absolute atomic E-state index is 10.5. The molecule has 0 unspecified atom stereocenters. The van der Waals surface area contributed by atoms with Gasteiger partial charge in [0.05, 0.1) is 0 Å². The van der Waals surface area contributed by atoms with Gasteiger partial charge in [-0.1, -0.05) is 6.07 Å². The van der Waals surface area contributed by atoms with Gasteiger partial charge >= 0.3 is 5.97 Å². The Morgan fingerprint density at radius 2 is 1.79 bits per heavy atom. The summed E-state index contributed by atoms with van der Waals surface area (Å²) >= 11 is 0. The summed E-state index contributed by atoms with van der Waals surface area (Å²) in [5.74, 6) is -0.0723. The molecule has 6 heteroatoms. The predicted molar refractivity (Wildman–Crippen MR) is 68.1 cm³/mol. The van der Waals surface area contributed by atoms with E-state index in [0.29, 0.717) is 17.1 Å². The van der Waals surface area contributed by atoms with E-state index in [1.807, 2.05) is 0 Å². The maximum Gasteiger partial charge on any atom is 0.328 e. The van der Waals surface area contributed by atoms with Gasteiger partial charge < -0.3 is 24.1 Å². The van der Waals surface area contributed by atoms with Crippen LogP contribution in [0.5, 0.6) is 11.5 Å². The predicted octanol–water partition coefficient (Wildman–Crippen LogP) is 1.75. The molecule has 0 aliphatic heterocycles. The summed E-state index contributed by atoms with van der Waals surface area (Å²) in [7, 11) is 3.02. The highest BCUT2D eigenvalue weighted by molar-refractivity contribution is 5.85. The molecule has 0 heterocycles. The molecule has 104 valence electrons. The number of carboxylic acids is 1. The van der Waals surface area contributed by atoms with Crippen molar-refractivity contribution in [3.8, 4) is 11.5 Å². The smallest absolute Gasteiger partial charge is 0.328 e. The molecule has 19 heavy (non-hydrogen) atoms. The Bertz CT molecular complexity index is 441. The van der Waals surface area contributed by atoms with Crippen LogP contribution in [0.15, 0.2) is 24.3 Å². The lowest BCUT2D eigenvalue weighted by Crippen LogP contribution is -2.04. The highest BCUT2D eigenvalue weighted by atomic mass is 16.7. The minimum Gasteiger partial charge on any atom is -0.478 e. The molecule has 0 aromatic heterocycles. The number of rotatable bonds is 8. The number of carboxylic acid groups (broad SMARTS) is 1. The van der Waals surface area contributed by atoms with Gasteiger partial charge in [0.2, 0.25) is 0 Å². The van der Waals surface area contributed by atoms with E-state index < -0.39 is 5.97 Å². The van der Waals surface area contributed by atoms with E-state index in [-0.39, 0.29) is 13.6 Å². The summed E-state index contributed by atoms with van der Waals surface area (Å²) in [5, 5.41) is 8.58. The van der Waals surface area contributed by atoms with Crippen LogP contribution < -0.4 is 9.47 Å². The lowest BCUT2D eigenvalue weighted by Gasteiger charge is -2.12. The molecule has 1 aromatic carbocycles. The van der Waals surface area contributed by atoms with E-state index in [1.165, 1.54) is 20.3 Å². The minimum absolute atomic E-state index is 0.0649. The van der Waals surface area contributed by atoms with Crippen LogP contribution in [0.25, 0.3) is 6.08 Å². The number of hydrogen-bond acceptors (Lipinski definition) is 5. The number of benzene rings is 1. The molecule has 0 fully saturated rings. The lowest BCUT2D eigenvalue weighted by molar-refractivity contribution is -0.131. The van der Waals surface area contributed by atoms with Crippen LogP contribution in [0.3, 0.4) is 0 Å². The van der Waals surface area contributed by atoms with E-state index in [4.69, 9.17) is 24.1 Å². The summed E-state index contributed by atoms with van der Waals surface area (Å²) in [6, 6.07) is 5.04. The van der Waals surface area contributed by atoms with Crippen LogP contribution in [0.1, 0.15) is 5.56 Å². The molecule has 1 N–H and O–H groups in total. The second kappa shape index (κ2) is 8.12. The molecular weight excluding hydrogens is 252 g/mol. The second-order valence-electron chi connectivity index (χ2n) is 3.48. The van der Waals surface area contributed by atoms with Crippen molar-refractivity contribution in [2.75, 3.05) is 27.8 Å². The summed E-state index contributed by atoms with van der Waals surface area (Å²) in [6.07, 6.45) is 2.51. The van der Waals surface area contributed by atoms with Crippen LogP contribution in [-0.2, 0) is 14.3 Å². The third-order valence-electron chi connectivity index (χ3n) is 2.05. The number of carbonyl (C=O) groups is 1. The van der Waals surface area contributed by atoms with Gasteiger partial charge in [-0.2, -0.15) is 0 Å². The number of ether oxygens (including phenoxy) is 4. The van der Waals surface area contributed by atoms with Crippen molar-refractivity contribution in [3.05, 3.63) is 29.8 Å². The van der Waals surface area contributed by atoms with Crippen molar-refractivity contribution >= 4 is 12.0 Å². The lowest BCUT2D eigenvalue weighted by atomic mass is 10.2. The van der Waals surface area contributed by atoms with Crippen LogP contribution in [0.4, 0.5) is 0 Å². The summed E-state index contributed by atoms with van der Waals surface area (Å²) in [6.45, 7) is 0.156. The van der Waals surface area contributed by atoms with Gasteiger partial charge in [0, 0.05) is 20.3 Å². The first-order valence-corrected chi connectivity index (χ1v) is 5.46. The Balaban J connectivity index is 2.89. The molecule has 0 bridgehead atoms. The number of hydrogen-bond donors (Lipinski definition) is 1. The quantitative estimate of drug-likeness (QED) is 0.572. The Morgan fingerprint density at radius 3 is 2.37 bits per heavy atom. The molecule has 6 nitrogen and oxygen atoms in total. The topological polar surface area (TPSA) is 74.2 Å². The zero-order chi connectivity index (χ0) is 14.1. The van der Waals surface area contributed by atoms with Gasteiger partial charge in [-0.05, 0) is 23.8 Å². The molecule has 0 aliphatic rings. The van der Waals surface area contributed by atoms with Gasteiger partial charge in [0.25, 0.3) is 0 Å². The largest absolute Gasteiger partial charge is 0.478 e. The van der Waals surface area contributed by atoms with Gasteiger partial charge in [0.15, 0.2) is 25.1 Å². The van der Waals surface area contributed by atoms with Gasteiger partial charge in [0.1, 0.15) is 0 Å². The van der Waals surface area contributed by atoms with E-state index in [9.17, 15) is 4.79 Å². The minimum atomic E-state index is -1.01. The molecule has 0 atom stereocenters. The monoisotopic (exact) mass is 268 g/mol. The molecule has 1 aromatic rings. The van der Waals surface area contributed by atoms with Gasteiger partial charge in [-0.3, -0.25) is 0 Å². The van der Waals surface area contributed by atoms with Crippen LogP contribution in [-0.4, -0.2) is 38.9 Å². The molecule has 1 rings (SSSR count). The van der Waals surface area contributed by atoms with Crippen LogP contribution in [0.2, 0.25) is 0 Å². The van der Waals surface area contributed by atoms with Crippen molar-refractivity contribution in [2.24, 2.45) is 0 Å². The second-order valence-corrected chi connectivity index (χ2v) is 3.48. The van der Waals surface area contributed by atoms with Gasteiger partial charge in [-0.15, -0.1) is 0 Å². The van der Waals surface area contributed by atoms with Crippen molar-refractivity contribution in [3.63, 3.8) is 0 Å². The fraction of sp³-hybridized carbons (Fsp3) is 0.308. The Hall–Kier alpha value is -2.05. The van der Waals surface area contributed by atoms with Crippen LogP contribution >= 0.6 is 0 Å². The average molecular weight is 268 g/mol. The number of methoxy groups -OCH3 is 2. The first-order chi connectivity index (χ1) is 9.17. The molecule has 0 radical (unpaired) electrons. The highest BCUT2D eigenvalue weighted by Gasteiger charge is 2.06. The molecule has 0 aliphatic carbocycles. The molecular formula is C13H16O6. The van der Waals surface area contributed by atoms with Crippen molar-refractivity contribution in [1.29, 1.82) is 0 Å². The Labute approximate surface area is 111 Å². The Kier molecular flexibility index (Phi) is 6.42. The fourth-order valence-corrected chi connectivity index (χ4v) is 1.27. The molecule has 0 saturated heterocycles. The SMILES string of the molecule is COCOc1ccc(/C=C/C(=O)O)cc1OCOC. The van der Waals surface area contributed by atoms with E-state index in [0.717, 1.165) is 6.08 Å². The third-order valence-corrected chi connectivity index (χ3v) is 2.05. The van der Waals surface area contributed by atoms with Crippen molar-refractivity contribution in [1.82, 2.24) is 0 Å². The van der Waals surface area contributed by atoms with Crippen molar-refractivity contribution < 1.29 is 28.8 Å².